The van der Waals surface area contributed by atoms with Gasteiger partial charge in [0.1, 0.15) is 7.05 Å². The molecule has 8 rings (SSSR count). The van der Waals surface area contributed by atoms with Crippen LogP contribution in [0.3, 0.4) is 0 Å². The predicted octanol–water partition coefficient (Wildman–Crippen LogP) is 8.59. The summed E-state index contributed by atoms with van der Waals surface area (Å²) in [5, 5.41) is 6.47. The molecule has 0 saturated carbocycles. The Labute approximate surface area is 220 Å². The van der Waals surface area contributed by atoms with Crippen LogP contribution in [0, 0.1) is 6.92 Å². The maximum absolute atomic E-state index is 2.49. The average molecular weight is 489 g/mol. The van der Waals surface area contributed by atoms with E-state index in [0.29, 0.717) is 0 Å². The molecule has 0 aliphatic heterocycles. The summed E-state index contributed by atoms with van der Waals surface area (Å²) in [4.78, 5) is 2.34. The van der Waals surface area contributed by atoms with Gasteiger partial charge in [0.25, 0.3) is 0 Å². The lowest BCUT2D eigenvalue weighted by molar-refractivity contribution is -0.643. The number of aromatic nitrogens is 2. The summed E-state index contributed by atoms with van der Waals surface area (Å²) in [7, 11) is 2.16. The van der Waals surface area contributed by atoms with Crippen molar-refractivity contribution in [1.82, 2.24) is 4.40 Å². The van der Waals surface area contributed by atoms with Gasteiger partial charge < -0.3 is 9.30 Å². The van der Waals surface area contributed by atoms with Crippen LogP contribution in [0.2, 0.25) is 0 Å². The van der Waals surface area contributed by atoms with Crippen molar-refractivity contribution in [1.29, 1.82) is 0 Å². The van der Waals surface area contributed by atoms with Crippen LogP contribution in [0.1, 0.15) is 5.56 Å². The highest BCUT2D eigenvalue weighted by atomic mass is 15.1. The summed E-state index contributed by atoms with van der Waals surface area (Å²) in [6, 6.07) is 41.7. The fraction of sp³-hybridized carbons (Fsp3) is 0.0571. The zero-order chi connectivity index (χ0) is 25.4. The minimum Gasteiger partial charge on any atom is -0.310 e. The Bertz CT molecular complexity index is 2100. The second-order valence-electron chi connectivity index (χ2n) is 10.2. The van der Waals surface area contributed by atoms with Crippen LogP contribution >= 0.6 is 0 Å². The fourth-order valence-corrected chi connectivity index (χ4v) is 6.37. The fourth-order valence-electron chi connectivity index (χ4n) is 6.37. The van der Waals surface area contributed by atoms with Crippen molar-refractivity contribution in [3.8, 4) is 0 Å². The van der Waals surface area contributed by atoms with Crippen molar-refractivity contribution in [3.05, 3.63) is 127 Å². The van der Waals surface area contributed by atoms with Gasteiger partial charge in [0.15, 0.2) is 6.20 Å². The van der Waals surface area contributed by atoms with Gasteiger partial charge in [-0.2, -0.15) is 0 Å². The van der Waals surface area contributed by atoms with Gasteiger partial charge in [-0.25, -0.2) is 4.57 Å². The van der Waals surface area contributed by atoms with Crippen molar-refractivity contribution in [2.75, 3.05) is 4.90 Å². The molecule has 0 fully saturated rings. The molecule has 0 unspecified atom stereocenters. The van der Waals surface area contributed by atoms with Crippen molar-refractivity contribution < 1.29 is 4.57 Å². The number of hydrogen-bond donors (Lipinski definition) is 0. The zero-order valence-electron chi connectivity index (χ0n) is 21.4. The van der Waals surface area contributed by atoms with E-state index in [1.54, 1.807) is 0 Å². The molecule has 8 aromatic rings. The molecule has 0 bridgehead atoms. The molecule has 5 aromatic carbocycles. The lowest BCUT2D eigenvalue weighted by Crippen LogP contribution is -2.28. The van der Waals surface area contributed by atoms with E-state index in [0.717, 1.165) is 17.1 Å². The van der Waals surface area contributed by atoms with Gasteiger partial charge in [0.2, 0.25) is 5.52 Å². The Balaban J connectivity index is 1.53. The van der Waals surface area contributed by atoms with Crippen molar-refractivity contribution in [2.24, 2.45) is 7.05 Å². The second-order valence-corrected chi connectivity index (χ2v) is 10.2. The SMILES string of the molecule is Cc1ccc2c3cc(N(c4ccccc4)c4ccccc4)ccc3n3c4cccc5cc[n+](C)c(c1c23)c54. The Kier molecular flexibility index (Phi) is 4.36. The summed E-state index contributed by atoms with van der Waals surface area (Å²) in [5.74, 6) is 0. The number of benzene rings is 5. The van der Waals surface area contributed by atoms with Gasteiger partial charge >= 0.3 is 0 Å². The number of pyridine rings is 2. The van der Waals surface area contributed by atoms with Crippen LogP contribution in [0.5, 0.6) is 0 Å². The quantitative estimate of drug-likeness (QED) is 0.138. The van der Waals surface area contributed by atoms with Crippen LogP contribution in [0.15, 0.2) is 121 Å². The minimum atomic E-state index is 1.15. The Morgan fingerprint density at radius 2 is 1.34 bits per heavy atom. The Morgan fingerprint density at radius 3 is 2.08 bits per heavy atom. The molecule has 3 heteroatoms. The largest absolute Gasteiger partial charge is 0.310 e. The third-order valence-corrected chi connectivity index (χ3v) is 8.03. The average Bonchev–Trinajstić information content (AvgIpc) is 3.29. The Morgan fingerprint density at radius 1 is 0.605 bits per heavy atom. The van der Waals surface area contributed by atoms with Gasteiger partial charge in [-0.05, 0) is 66.4 Å². The van der Waals surface area contributed by atoms with Gasteiger partial charge in [0, 0.05) is 33.9 Å². The summed E-state index contributed by atoms with van der Waals surface area (Å²) >= 11 is 0. The minimum absolute atomic E-state index is 1.15. The first-order valence-electron chi connectivity index (χ1n) is 13.1. The van der Waals surface area contributed by atoms with E-state index in [1.807, 2.05) is 0 Å². The van der Waals surface area contributed by atoms with E-state index in [9.17, 15) is 0 Å². The van der Waals surface area contributed by atoms with E-state index < -0.39 is 0 Å². The normalized spacial score (nSPS) is 11.9. The van der Waals surface area contributed by atoms with Crippen LogP contribution in [-0.4, -0.2) is 4.40 Å². The zero-order valence-corrected chi connectivity index (χ0v) is 21.4. The number of para-hydroxylation sites is 2. The van der Waals surface area contributed by atoms with Gasteiger partial charge in [0.05, 0.1) is 27.3 Å². The van der Waals surface area contributed by atoms with E-state index in [2.05, 4.69) is 149 Å². The smallest absolute Gasteiger partial charge is 0.224 e. The molecule has 0 amide bonds. The molecule has 0 saturated heterocycles. The second kappa shape index (κ2) is 7.80. The number of aryl methyl sites for hydroxylation is 2. The molecule has 0 N–H and O–H groups in total. The number of rotatable bonds is 3. The molecular weight excluding hydrogens is 462 g/mol. The van der Waals surface area contributed by atoms with Crippen molar-refractivity contribution in [2.45, 2.75) is 6.92 Å². The molecule has 0 aliphatic carbocycles. The maximum Gasteiger partial charge on any atom is 0.224 e. The van der Waals surface area contributed by atoms with Crippen molar-refractivity contribution >= 4 is 66.1 Å². The Hall–Kier alpha value is -4.89. The molecular formula is C35H26N3+. The third kappa shape index (κ3) is 2.81. The van der Waals surface area contributed by atoms with Gasteiger partial charge in [-0.1, -0.05) is 60.7 Å². The molecule has 3 nitrogen and oxygen atoms in total. The van der Waals surface area contributed by atoms with Crippen molar-refractivity contribution in [3.63, 3.8) is 0 Å². The summed E-state index contributed by atoms with van der Waals surface area (Å²) in [5.41, 5.74) is 9.82. The van der Waals surface area contributed by atoms with Crippen LogP contribution < -0.4 is 9.47 Å². The molecule has 0 spiro atoms. The summed E-state index contributed by atoms with van der Waals surface area (Å²) in [6.07, 6.45) is 2.19. The highest BCUT2D eigenvalue weighted by molar-refractivity contribution is 6.26. The molecule has 0 radical (unpaired) electrons. The van der Waals surface area contributed by atoms with Crippen LogP contribution in [0.4, 0.5) is 17.1 Å². The molecule has 3 aromatic heterocycles. The monoisotopic (exact) mass is 488 g/mol. The molecule has 0 aliphatic rings. The first kappa shape index (κ1) is 21.2. The topological polar surface area (TPSA) is 11.5 Å². The number of anilines is 3. The summed E-state index contributed by atoms with van der Waals surface area (Å²) < 4.78 is 4.77. The van der Waals surface area contributed by atoms with E-state index >= 15 is 0 Å². The van der Waals surface area contributed by atoms with Crippen LogP contribution in [-0.2, 0) is 7.05 Å². The molecule has 38 heavy (non-hydrogen) atoms. The van der Waals surface area contributed by atoms with Crippen LogP contribution in [0.25, 0.3) is 49.0 Å². The lowest BCUT2D eigenvalue weighted by Gasteiger charge is -2.25. The standard InChI is InChI=1S/C35H26N3/c1-23-16-18-28-29-22-27(37(25-11-5-3-6-12-25)26-13-7-4-8-14-26)17-19-30(29)38-31-15-9-10-24-20-21-36(2)35(33(24)31)32(23)34(28)38/h3-22H,1-2H3/q+1. The maximum atomic E-state index is 2.49. The highest BCUT2D eigenvalue weighted by Crippen LogP contribution is 2.43. The highest BCUT2D eigenvalue weighted by Gasteiger charge is 2.24. The number of hydrogen-bond acceptors (Lipinski definition) is 1. The van der Waals surface area contributed by atoms with E-state index in [1.165, 1.54) is 54.6 Å². The van der Waals surface area contributed by atoms with E-state index in [-0.39, 0.29) is 0 Å². The predicted molar refractivity (Wildman–Crippen MR) is 159 cm³/mol. The number of nitrogens with zero attached hydrogens (tertiary/aromatic N) is 3. The third-order valence-electron chi connectivity index (χ3n) is 8.03. The first-order valence-corrected chi connectivity index (χ1v) is 13.1. The molecule has 180 valence electrons. The molecule has 3 heterocycles. The molecule has 0 atom stereocenters. The van der Waals surface area contributed by atoms with E-state index in [4.69, 9.17) is 0 Å². The van der Waals surface area contributed by atoms with Gasteiger partial charge in [-0.3, -0.25) is 0 Å². The van der Waals surface area contributed by atoms with Gasteiger partial charge in [-0.15, -0.1) is 0 Å². The lowest BCUT2D eigenvalue weighted by atomic mass is 10.00. The number of fused-ring (bicyclic) bond motifs is 5. The first-order chi connectivity index (χ1) is 18.7. The summed E-state index contributed by atoms with van der Waals surface area (Å²) in [6.45, 7) is 2.24.